The number of nitrogens with zero attached hydrogens (tertiary/aromatic N) is 3. The highest BCUT2D eigenvalue weighted by atomic mass is 16.3. The van der Waals surface area contributed by atoms with Gasteiger partial charge in [-0.1, -0.05) is 97.1 Å². The van der Waals surface area contributed by atoms with Crippen LogP contribution >= 0.6 is 0 Å². The molecule has 220 valence electrons. The Morgan fingerprint density at radius 3 is 1.30 bits per heavy atom. The van der Waals surface area contributed by atoms with Gasteiger partial charge < -0.3 is 13.6 Å². The molecule has 0 aliphatic rings. The summed E-state index contributed by atoms with van der Waals surface area (Å²) >= 11 is 0. The quantitative estimate of drug-likeness (QED) is 0.201. The third-order valence-electron chi connectivity index (χ3n) is 9.34. The fourth-order valence-electron chi connectivity index (χ4n) is 7.22. The summed E-state index contributed by atoms with van der Waals surface area (Å²) in [6, 6.07) is 58.1. The van der Waals surface area contributed by atoms with E-state index in [1.54, 1.807) is 0 Å². The Kier molecular flexibility index (Phi) is 5.54. The van der Waals surface area contributed by atoms with E-state index in [2.05, 4.69) is 149 Å². The maximum atomic E-state index is 6.08. The molecule has 0 atom stereocenters. The Hall–Kier alpha value is -6.39. The van der Waals surface area contributed by atoms with Crippen molar-refractivity contribution in [2.24, 2.45) is 0 Å². The molecule has 0 aliphatic carbocycles. The van der Waals surface area contributed by atoms with E-state index in [0.717, 1.165) is 39.2 Å². The Morgan fingerprint density at radius 2 is 0.809 bits per heavy atom. The van der Waals surface area contributed by atoms with Crippen molar-refractivity contribution in [1.82, 2.24) is 14.1 Å². The van der Waals surface area contributed by atoms with Crippen LogP contribution < -0.4 is 0 Å². The largest absolute Gasteiger partial charge is 0.436 e. The minimum Gasteiger partial charge on any atom is -0.436 e. The first-order chi connectivity index (χ1) is 23.3. The first-order valence-electron chi connectivity index (χ1n) is 15.9. The second-order valence-electron chi connectivity index (χ2n) is 12.0. The number of hydrogen-bond donors (Lipinski definition) is 0. The van der Waals surface area contributed by atoms with Gasteiger partial charge in [-0.25, -0.2) is 4.98 Å². The number of rotatable bonds is 4. The minimum atomic E-state index is 0.628. The van der Waals surface area contributed by atoms with Crippen LogP contribution in [0.3, 0.4) is 0 Å². The van der Waals surface area contributed by atoms with Crippen molar-refractivity contribution in [3.63, 3.8) is 0 Å². The summed E-state index contributed by atoms with van der Waals surface area (Å²) in [5.41, 5.74) is 11.8. The van der Waals surface area contributed by atoms with Gasteiger partial charge in [-0.05, 0) is 77.9 Å². The summed E-state index contributed by atoms with van der Waals surface area (Å²) in [4.78, 5) is 4.72. The average molecular weight is 602 g/mol. The van der Waals surface area contributed by atoms with E-state index in [1.807, 2.05) is 24.3 Å². The highest BCUT2D eigenvalue weighted by molar-refractivity contribution is 6.10. The van der Waals surface area contributed by atoms with Gasteiger partial charge in [0, 0.05) is 38.5 Å². The zero-order valence-electron chi connectivity index (χ0n) is 25.3. The van der Waals surface area contributed by atoms with Gasteiger partial charge in [0.05, 0.1) is 22.1 Å². The highest BCUT2D eigenvalue weighted by Gasteiger charge is 2.17. The Balaban J connectivity index is 1.23. The number of aromatic nitrogens is 3. The molecule has 0 amide bonds. The predicted octanol–water partition coefficient (Wildman–Crippen LogP) is 11.4. The molecule has 0 spiro atoms. The Bertz CT molecular complexity index is 2520. The smallest absolute Gasteiger partial charge is 0.227 e. The zero-order chi connectivity index (χ0) is 30.9. The monoisotopic (exact) mass is 601 g/mol. The van der Waals surface area contributed by atoms with E-state index in [0.29, 0.717) is 5.89 Å². The average Bonchev–Trinajstić information content (AvgIpc) is 3.82. The molecule has 3 heterocycles. The number of fused-ring (bicyclic) bond motifs is 7. The lowest BCUT2D eigenvalue weighted by Gasteiger charge is -2.16. The molecule has 0 saturated heterocycles. The van der Waals surface area contributed by atoms with Crippen molar-refractivity contribution in [3.8, 4) is 34.0 Å². The van der Waals surface area contributed by atoms with Gasteiger partial charge in [0.25, 0.3) is 0 Å². The molecular formula is C43H27N3O. The zero-order valence-corrected chi connectivity index (χ0v) is 25.3. The van der Waals surface area contributed by atoms with Crippen molar-refractivity contribution in [2.45, 2.75) is 0 Å². The molecule has 4 heteroatoms. The maximum Gasteiger partial charge on any atom is 0.227 e. The molecule has 0 fully saturated rings. The molecular weight excluding hydrogens is 574 g/mol. The van der Waals surface area contributed by atoms with Gasteiger partial charge in [0.15, 0.2) is 5.58 Å². The van der Waals surface area contributed by atoms with Gasteiger partial charge in [-0.15, -0.1) is 0 Å². The predicted molar refractivity (Wildman–Crippen MR) is 194 cm³/mol. The first-order valence-corrected chi connectivity index (χ1v) is 15.9. The molecule has 0 bridgehead atoms. The molecule has 0 unspecified atom stereocenters. The maximum absolute atomic E-state index is 6.08. The summed E-state index contributed by atoms with van der Waals surface area (Å²) in [6.45, 7) is 0. The van der Waals surface area contributed by atoms with Crippen LogP contribution in [0.25, 0.3) is 88.7 Å². The van der Waals surface area contributed by atoms with E-state index >= 15 is 0 Å². The minimum absolute atomic E-state index is 0.628. The van der Waals surface area contributed by atoms with Crippen molar-refractivity contribution < 1.29 is 4.42 Å². The van der Waals surface area contributed by atoms with Crippen LogP contribution in [0.5, 0.6) is 0 Å². The van der Waals surface area contributed by atoms with Gasteiger partial charge >= 0.3 is 0 Å². The van der Waals surface area contributed by atoms with Crippen LogP contribution in [0.1, 0.15) is 0 Å². The molecule has 0 aliphatic heterocycles. The molecule has 47 heavy (non-hydrogen) atoms. The van der Waals surface area contributed by atoms with Crippen LogP contribution in [0.15, 0.2) is 168 Å². The fourth-order valence-corrected chi connectivity index (χ4v) is 7.22. The van der Waals surface area contributed by atoms with Crippen molar-refractivity contribution in [3.05, 3.63) is 164 Å². The molecule has 0 radical (unpaired) electrons. The topological polar surface area (TPSA) is 35.9 Å². The Labute approximate surface area is 270 Å². The second-order valence-corrected chi connectivity index (χ2v) is 12.0. The van der Waals surface area contributed by atoms with Crippen LogP contribution in [-0.4, -0.2) is 14.1 Å². The first kappa shape index (κ1) is 25.9. The van der Waals surface area contributed by atoms with E-state index in [4.69, 9.17) is 9.40 Å². The molecule has 10 aromatic rings. The van der Waals surface area contributed by atoms with E-state index in [1.165, 1.54) is 43.6 Å². The SMILES string of the molecule is c1ccc2oc(-c3ccc(-c4cc(-n5c6ccccc6c6ccccc65)cc(-n5c6ccccc6c6ccccc65)c4)cc3)nc2c1. The number of benzene rings is 7. The molecule has 10 rings (SSSR count). The van der Waals surface area contributed by atoms with E-state index < -0.39 is 0 Å². The van der Waals surface area contributed by atoms with Crippen molar-refractivity contribution >= 4 is 54.7 Å². The standard InChI is InChI=1S/C43H27N3O/c1-6-16-38-33(11-1)34-12-2-7-17-39(34)45(38)31-25-30(28-21-23-29(24-22-28)43-44-37-15-5-10-20-42(37)47-43)26-32(27-31)46-40-18-8-3-13-35(40)36-14-4-9-19-41(36)46/h1-27H. The molecule has 3 aromatic heterocycles. The van der Waals surface area contributed by atoms with Crippen LogP contribution in [0.2, 0.25) is 0 Å². The van der Waals surface area contributed by atoms with Crippen LogP contribution in [-0.2, 0) is 0 Å². The summed E-state index contributed by atoms with van der Waals surface area (Å²) in [7, 11) is 0. The molecule has 4 nitrogen and oxygen atoms in total. The fraction of sp³-hybridized carbons (Fsp3) is 0. The summed E-state index contributed by atoms with van der Waals surface area (Å²) in [6.07, 6.45) is 0. The van der Waals surface area contributed by atoms with Gasteiger partial charge in [0.1, 0.15) is 5.52 Å². The molecule has 0 saturated carbocycles. The van der Waals surface area contributed by atoms with Crippen LogP contribution in [0, 0.1) is 0 Å². The van der Waals surface area contributed by atoms with Crippen molar-refractivity contribution in [1.29, 1.82) is 0 Å². The normalized spacial score (nSPS) is 11.8. The van der Waals surface area contributed by atoms with Gasteiger partial charge in [-0.3, -0.25) is 0 Å². The highest BCUT2D eigenvalue weighted by Crippen LogP contribution is 2.38. The second kappa shape index (κ2) is 10.1. The van der Waals surface area contributed by atoms with Crippen molar-refractivity contribution in [2.75, 3.05) is 0 Å². The third-order valence-corrected chi connectivity index (χ3v) is 9.34. The van der Waals surface area contributed by atoms with Gasteiger partial charge in [0.2, 0.25) is 5.89 Å². The van der Waals surface area contributed by atoms with E-state index in [9.17, 15) is 0 Å². The number of oxazole rings is 1. The lowest BCUT2D eigenvalue weighted by atomic mass is 10.0. The summed E-state index contributed by atoms with van der Waals surface area (Å²) < 4.78 is 10.9. The van der Waals surface area contributed by atoms with E-state index in [-0.39, 0.29) is 0 Å². The lowest BCUT2D eigenvalue weighted by Crippen LogP contribution is -2.00. The third kappa shape index (κ3) is 3.98. The number of para-hydroxylation sites is 6. The number of hydrogen-bond acceptors (Lipinski definition) is 2. The molecule has 7 aromatic carbocycles. The summed E-state index contributed by atoms with van der Waals surface area (Å²) in [5.74, 6) is 0.628. The Morgan fingerprint density at radius 1 is 0.383 bits per heavy atom. The van der Waals surface area contributed by atoms with Crippen LogP contribution in [0.4, 0.5) is 0 Å². The lowest BCUT2D eigenvalue weighted by molar-refractivity contribution is 0.620. The summed E-state index contributed by atoms with van der Waals surface area (Å²) in [5, 5.41) is 4.98. The molecule has 0 N–H and O–H groups in total. The van der Waals surface area contributed by atoms with Gasteiger partial charge in [-0.2, -0.15) is 0 Å².